The number of rotatable bonds is 8. The van der Waals surface area contributed by atoms with E-state index in [4.69, 9.17) is 9.47 Å². The zero-order valence-electron chi connectivity index (χ0n) is 17.6. The fourth-order valence-corrected chi connectivity index (χ4v) is 3.29. The highest BCUT2D eigenvalue weighted by molar-refractivity contribution is 5.77. The van der Waals surface area contributed by atoms with E-state index in [9.17, 15) is 9.18 Å². The molecule has 1 heterocycles. The molecule has 32 heavy (non-hydrogen) atoms. The van der Waals surface area contributed by atoms with Crippen molar-refractivity contribution in [3.05, 3.63) is 90.4 Å². The fourth-order valence-electron chi connectivity index (χ4n) is 3.29. The molecule has 0 aliphatic carbocycles. The van der Waals surface area contributed by atoms with Crippen LogP contribution in [0.15, 0.2) is 79.0 Å². The Morgan fingerprint density at radius 2 is 1.75 bits per heavy atom. The minimum Gasteiger partial charge on any atom is -0.481 e. The Kier molecular flexibility index (Phi) is 6.55. The summed E-state index contributed by atoms with van der Waals surface area (Å²) < 4.78 is 25.8. The van der Waals surface area contributed by atoms with Gasteiger partial charge in [-0.3, -0.25) is 0 Å². The Hall–Kier alpha value is -4.00. The third kappa shape index (κ3) is 5.18. The molecule has 0 saturated carbocycles. The second-order valence-electron chi connectivity index (χ2n) is 7.10. The Balaban J connectivity index is 1.66. The maximum Gasteiger partial charge on any atom is 0.344 e. The molecule has 7 heteroatoms. The molecule has 0 unspecified atom stereocenters. The van der Waals surface area contributed by atoms with Crippen LogP contribution in [0, 0.1) is 5.82 Å². The molecule has 0 aliphatic rings. The van der Waals surface area contributed by atoms with E-state index in [0.717, 1.165) is 16.7 Å². The lowest BCUT2D eigenvalue weighted by Gasteiger charge is -2.12. The number of hydrogen-bond donors (Lipinski definition) is 0. The van der Waals surface area contributed by atoms with Crippen LogP contribution in [0.1, 0.15) is 12.5 Å². The van der Waals surface area contributed by atoms with E-state index in [1.165, 1.54) is 12.1 Å². The fraction of sp³-hybridized carbons (Fsp3) is 0.160. The predicted molar refractivity (Wildman–Crippen MR) is 119 cm³/mol. The van der Waals surface area contributed by atoms with Gasteiger partial charge in [-0.1, -0.05) is 53.7 Å². The van der Waals surface area contributed by atoms with Gasteiger partial charge in [0.1, 0.15) is 17.3 Å². The molecule has 0 fully saturated rings. The van der Waals surface area contributed by atoms with E-state index in [-0.39, 0.29) is 19.0 Å². The first-order valence-electron chi connectivity index (χ1n) is 10.2. The molecular weight excluding hydrogens is 409 g/mol. The number of aromatic nitrogens is 3. The Labute approximate surface area is 185 Å². The lowest BCUT2D eigenvalue weighted by molar-refractivity contribution is -0.145. The summed E-state index contributed by atoms with van der Waals surface area (Å²) in [5.74, 6) is -0.267. The van der Waals surface area contributed by atoms with Crippen LogP contribution >= 0.6 is 0 Å². The number of benzene rings is 3. The van der Waals surface area contributed by atoms with Gasteiger partial charge in [0.25, 0.3) is 0 Å². The van der Waals surface area contributed by atoms with Gasteiger partial charge in [0.2, 0.25) is 0 Å². The van der Waals surface area contributed by atoms with Crippen molar-refractivity contribution in [2.45, 2.75) is 13.5 Å². The topological polar surface area (TPSA) is 66.2 Å². The molecule has 4 rings (SSSR count). The largest absolute Gasteiger partial charge is 0.481 e. The van der Waals surface area contributed by atoms with E-state index < -0.39 is 5.97 Å². The number of carbonyl (C=O) groups is 1. The quantitative estimate of drug-likeness (QED) is 0.377. The van der Waals surface area contributed by atoms with Crippen LogP contribution < -0.4 is 4.74 Å². The van der Waals surface area contributed by atoms with Crippen LogP contribution in [-0.2, 0) is 16.1 Å². The Morgan fingerprint density at radius 3 is 2.50 bits per heavy atom. The number of ether oxygens (including phenoxy) is 2. The monoisotopic (exact) mass is 431 g/mol. The minimum absolute atomic E-state index is 0.213. The second kappa shape index (κ2) is 9.87. The molecule has 0 amide bonds. The number of hydrogen-bond acceptors (Lipinski definition) is 5. The van der Waals surface area contributed by atoms with Gasteiger partial charge in [-0.2, -0.15) is 0 Å². The SMILES string of the molecule is CCOC(=O)COc1ccc(-c2ccc(F)cc2)cc1-c1cn(Cc2ccccc2)nn1. The third-order valence-corrected chi connectivity index (χ3v) is 4.81. The zero-order valence-corrected chi connectivity index (χ0v) is 17.6. The van der Waals surface area contributed by atoms with Gasteiger partial charge in [-0.25, -0.2) is 13.9 Å². The lowest BCUT2D eigenvalue weighted by atomic mass is 10.0. The highest BCUT2D eigenvalue weighted by atomic mass is 19.1. The maximum atomic E-state index is 13.3. The molecule has 6 nitrogen and oxygen atoms in total. The summed E-state index contributed by atoms with van der Waals surface area (Å²) in [4.78, 5) is 11.8. The first-order chi connectivity index (χ1) is 15.6. The van der Waals surface area contributed by atoms with E-state index in [1.54, 1.807) is 29.8 Å². The normalized spacial score (nSPS) is 10.7. The third-order valence-electron chi connectivity index (χ3n) is 4.81. The average Bonchev–Trinajstić information content (AvgIpc) is 3.27. The van der Waals surface area contributed by atoms with Crippen molar-refractivity contribution in [1.82, 2.24) is 15.0 Å². The standard InChI is InChI=1S/C25H22FN3O3/c1-2-31-25(30)17-32-24-13-10-20(19-8-11-21(26)12-9-19)14-22(24)23-16-29(28-27-23)15-18-6-4-3-5-7-18/h3-14,16H,2,15,17H2,1H3. The molecule has 0 N–H and O–H groups in total. The van der Waals surface area contributed by atoms with Crippen LogP contribution in [0.2, 0.25) is 0 Å². The van der Waals surface area contributed by atoms with Gasteiger partial charge < -0.3 is 9.47 Å². The summed E-state index contributed by atoms with van der Waals surface area (Å²) >= 11 is 0. The number of halogens is 1. The van der Waals surface area contributed by atoms with E-state index in [0.29, 0.717) is 23.6 Å². The molecule has 0 radical (unpaired) electrons. The highest BCUT2D eigenvalue weighted by Crippen LogP contribution is 2.33. The van der Waals surface area contributed by atoms with Crippen molar-refractivity contribution in [1.29, 1.82) is 0 Å². The highest BCUT2D eigenvalue weighted by Gasteiger charge is 2.15. The predicted octanol–water partition coefficient (Wildman–Crippen LogP) is 4.74. The van der Waals surface area contributed by atoms with Gasteiger partial charge in [0.15, 0.2) is 6.61 Å². The van der Waals surface area contributed by atoms with Crippen molar-refractivity contribution >= 4 is 5.97 Å². The maximum absolute atomic E-state index is 13.3. The first-order valence-corrected chi connectivity index (χ1v) is 10.2. The summed E-state index contributed by atoms with van der Waals surface area (Å²) in [5, 5.41) is 8.55. The van der Waals surface area contributed by atoms with Crippen molar-refractivity contribution in [2.24, 2.45) is 0 Å². The van der Waals surface area contributed by atoms with E-state index in [2.05, 4.69) is 10.3 Å². The van der Waals surface area contributed by atoms with Crippen molar-refractivity contribution in [3.8, 4) is 28.1 Å². The molecule has 0 saturated heterocycles. The summed E-state index contributed by atoms with van der Waals surface area (Å²) in [6.45, 7) is 2.39. The van der Waals surface area contributed by atoms with Crippen LogP contribution in [0.25, 0.3) is 22.4 Å². The van der Waals surface area contributed by atoms with Gasteiger partial charge in [0.05, 0.1) is 19.3 Å². The van der Waals surface area contributed by atoms with Gasteiger partial charge in [0, 0.05) is 5.56 Å². The van der Waals surface area contributed by atoms with E-state index >= 15 is 0 Å². The van der Waals surface area contributed by atoms with Crippen molar-refractivity contribution in [2.75, 3.05) is 13.2 Å². The first kappa shape index (κ1) is 21.2. The van der Waals surface area contributed by atoms with Crippen LogP contribution in [0.4, 0.5) is 4.39 Å². The molecule has 1 aromatic heterocycles. The molecule has 0 spiro atoms. The molecule has 0 bridgehead atoms. The van der Waals surface area contributed by atoms with E-state index in [1.807, 2.05) is 48.7 Å². The smallest absolute Gasteiger partial charge is 0.344 e. The summed E-state index contributed by atoms with van der Waals surface area (Å²) in [7, 11) is 0. The molecule has 0 atom stereocenters. The second-order valence-corrected chi connectivity index (χ2v) is 7.10. The molecule has 0 aliphatic heterocycles. The molecule has 162 valence electrons. The summed E-state index contributed by atoms with van der Waals surface area (Å²) in [6, 6.07) is 21.7. The van der Waals surface area contributed by atoms with Crippen LogP contribution in [0.3, 0.4) is 0 Å². The average molecular weight is 431 g/mol. The zero-order chi connectivity index (χ0) is 22.3. The number of nitrogens with zero attached hydrogens (tertiary/aromatic N) is 3. The van der Waals surface area contributed by atoms with Crippen LogP contribution in [-0.4, -0.2) is 34.2 Å². The molecule has 3 aromatic carbocycles. The number of esters is 1. The van der Waals surface area contributed by atoms with Crippen LogP contribution in [0.5, 0.6) is 5.75 Å². The van der Waals surface area contributed by atoms with Gasteiger partial charge in [-0.15, -0.1) is 5.10 Å². The molecule has 4 aromatic rings. The van der Waals surface area contributed by atoms with Crippen molar-refractivity contribution in [3.63, 3.8) is 0 Å². The lowest BCUT2D eigenvalue weighted by Crippen LogP contribution is -2.14. The summed E-state index contributed by atoms with van der Waals surface area (Å²) in [6.07, 6.45) is 1.83. The van der Waals surface area contributed by atoms with Gasteiger partial charge >= 0.3 is 5.97 Å². The summed E-state index contributed by atoms with van der Waals surface area (Å²) in [5.41, 5.74) is 4.09. The Bertz CT molecular complexity index is 1190. The number of carbonyl (C=O) groups excluding carboxylic acids is 1. The minimum atomic E-state index is -0.450. The van der Waals surface area contributed by atoms with Crippen molar-refractivity contribution < 1.29 is 18.7 Å². The molecular formula is C25H22FN3O3. The van der Waals surface area contributed by atoms with Gasteiger partial charge in [-0.05, 0) is 47.9 Å². The Morgan fingerprint density at radius 1 is 1.00 bits per heavy atom.